The van der Waals surface area contributed by atoms with E-state index in [2.05, 4.69) is 6.92 Å². The van der Waals surface area contributed by atoms with Crippen molar-refractivity contribution >= 4 is 21.6 Å². The van der Waals surface area contributed by atoms with Crippen LogP contribution < -0.4 is 4.31 Å². The van der Waals surface area contributed by atoms with Gasteiger partial charge in [-0.2, -0.15) is 0 Å². The Morgan fingerprint density at radius 2 is 1.73 bits per heavy atom. The number of anilines is 1. The largest absolute Gasteiger partial charge is 0.338 e. The maximum Gasteiger partial charge on any atom is 0.264 e. The van der Waals surface area contributed by atoms with Crippen molar-refractivity contribution in [2.24, 2.45) is 5.92 Å². The average Bonchev–Trinajstić information content (AvgIpc) is 2.67. The summed E-state index contributed by atoms with van der Waals surface area (Å²) in [6.07, 6.45) is 2.10. The monoisotopic (exact) mass is 372 g/mol. The van der Waals surface area contributed by atoms with Gasteiger partial charge in [0.1, 0.15) is 0 Å². The SMILES string of the molecule is CC1CCCN(C(=O)c2ccccc2N(C)S(=O)(=O)c2ccccc2)C1. The Hall–Kier alpha value is -2.34. The number of nitrogens with zero attached hydrogens (tertiary/aromatic N) is 2. The predicted molar refractivity (Wildman–Crippen MR) is 103 cm³/mol. The van der Waals surface area contributed by atoms with Crippen molar-refractivity contribution in [2.75, 3.05) is 24.4 Å². The Morgan fingerprint density at radius 1 is 1.08 bits per heavy atom. The van der Waals surface area contributed by atoms with Crippen LogP contribution in [0.15, 0.2) is 59.5 Å². The first kappa shape index (κ1) is 18.5. The molecule has 1 heterocycles. The van der Waals surface area contributed by atoms with Crippen molar-refractivity contribution < 1.29 is 13.2 Å². The molecule has 0 aliphatic carbocycles. The van der Waals surface area contributed by atoms with Crippen LogP contribution >= 0.6 is 0 Å². The molecule has 6 heteroatoms. The number of amides is 1. The number of rotatable bonds is 4. The molecule has 5 nitrogen and oxygen atoms in total. The molecule has 1 atom stereocenters. The molecule has 1 amide bonds. The molecule has 138 valence electrons. The molecule has 2 aromatic rings. The summed E-state index contributed by atoms with van der Waals surface area (Å²) in [5.41, 5.74) is 0.822. The van der Waals surface area contributed by atoms with Crippen molar-refractivity contribution in [2.45, 2.75) is 24.7 Å². The van der Waals surface area contributed by atoms with E-state index in [9.17, 15) is 13.2 Å². The number of carbonyl (C=O) groups excluding carboxylic acids is 1. The van der Waals surface area contributed by atoms with Crippen LogP contribution in [0.3, 0.4) is 0 Å². The van der Waals surface area contributed by atoms with Crippen LogP contribution in [0.25, 0.3) is 0 Å². The van der Waals surface area contributed by atoms with E-state index in [1.807, 2.05) is 4.90 Å². The zero-order valence-corrected chi connectivity index (χ0v) is 15.9. The average molecular weight is 372 g/mol. The highest BCUT2D eigenvalue weighted by atomic mass is 32.2. The number of benzene rings is 2. The van der Waals surface area contributed by atoms with Gasteiger partial charge in [-0.25, -0.2) is 8.42 Å². The Balaban J connectivity index is 1.95. The zero-order chi connectivity index (χ0) is 18.7. The van der Waals surface area contributed by atoms with Gasteiger partial charge in [0, 0.05) is 20.1 Å². The molecule has 0 saturated carbocycles. The topological polar surface area (TPSA) is 57.7 Å². The quantitative estimate of drug-likeness (QED) is 0.827. The normalized spacial score (nSPS) is 17.8. The summed E-state index contributed by atoms with van der Waals surface area (Å²) in [4.78, 5) is 15.1. The van der Waals surface area contributed by atoms with Gasteiger partial charge in [-0.05, 0) is 43.0 Å². The van der Waals surface area contributed by atoms with E-state index in [0.717, 1.165) is 12.8 Å². The smallest absolute Gasteiger partial charge is 0.264 e. The molecule has 0 aromatic heterocycles. The molecule has 1 fully saturated rings. The maximum absolute atomic E-state index is 13.0. The van der Waals surface area contributed by atoms with Crippen molar-refractivity contribution in [1.82, 2.24) is 4.90 Å². The second-order valence-corrected chi connectivity index (χ2v) is 8.77. The number of carbonyl (C=O) groups is 1. The molecule has 1 aliphatic rings. The van der Waals surface area contributed by atoms with E-state index in [1.165, 1.54) is 11.4 Å². The van der Waals surface area contributed by atoms with Crippen molar-refractivity contribution in [1.29, 1.82) is 0 Å². The third kappa shape index (κ3) is 3.60. The summed E-state index contributed by atoms with van der Waals surface area (Å²) in [7, 11) is -2.23. The Kier molecular flexibility index (Phi) is 5.32. The molecular formula is C20H24N2O3S. The van der Waals surface area contributed by atoms with Gasteiger partial charge in [0.15, 0.2) is 0 Å². The molecule has 0 radical (unpaired) electrons. The second-order valence-electron chi connectivity index (χ2n) is 6.80. The fraction of sp³-hybridized carbons (Fsp3) is 0.350. The highest BCUT2D eigenvalue weighted by Crippen LogP contribution is 2.28. The predicted octanol–water partition coefficient (Wildman–Crippen LogP) is 3.38. The van der Waals surface area contributed by atoms with Crippen LogP contribution in [-0.2, 0) is 10.0 Å². The fourth-order valence-corrected chi connectivity index (χ4v) is 4.59. The van der Waals surface area contributed by atoms with Gasteiger partial charge in [-0.3, -0.25) is 9.10 Å². The van der Waals surface area contributed by atoms with E-state index in [4.69, 9.17) is 0 Å². The van der Waals surface area contributed by atoms with Gasteiger partial charge in [0.25, 0.3) is 15.9 Å². The fourth-order valence-electron chi connectivity index (χ4n) is 3.35. The number of hydrogen-bond donors (Lipinski definition) is 0. The zero-order valence-electron chi connectivity index (χ0n) is 15.1. The second kappa shape index (κ2) is 7.50. The summed E-state index contributed by atoms with van der Waals surface area (Å²) in [6, 6.07) is 15.2. The summed E-state index contributed by atoms with van der Waals surface area (Å²) in [6.45, 7) is 3.56. The third-order valence-corrected chi connectivity index (χ3v) is 6.61. The Bertz CT molecular complexity index is 881. The Morgan fingerprint density at radius 3 is 2.42 bits per heavy atom. The molecule has 26 heavy (non-hydrogen) atoms. The molecule has 1 saturated heterocycles. The molecule has 1 unspecified atom stereocenters. The molecule has 0 N–H and O–H groups in total. The van der Waals surface area contributed by atoms with E-state index in [1.54, 1.807) is 54.6 Å². The number of para-hydroxylation sites is 1. The maximum atomic E-state index is 13.0. The van der Waals surface area contributed by atoms with Gasteiger partial charge in [-0.1, -0.05) is 37.3 Å². The van der Waals surface area contributed by atoms with Crippen molar-refractivity contribution in [3.8, 4) is 0 Å². The third-order valence-electron chi connectivity index (χ3n) is 4.82. The molecule has 1 aliphatic heterocycles. The lowest BCUT2D eigenvalue weighted by Crippen LogP contribution is -2.40. The van der Waals surface area contributed by atoms with Crippen molar-refractivity contribution in [3.63, 3.8) is 0 Å². The van der Waals surface area contributed by atoms with Crippen LogP contribution in [0.4, 0.5) is 5.69 Å². The van der Waals surface area contributed by atoms with Crippen LogP contribution in [0.1, 0.15) is 30.1 Å². The molecule has 2 aromatic carbocycles. The molecule has 0 spiro atoms. The summed E-state index contributed by atoms with van der Waals surface area (Å²) < 4.78 is 27.1. The van der Waals surface area contributed by atoms with Crippen LogP contribution in [0.2, 0.25) is 0 Å². The summed E-state index contributed by atoms with van der Waals surface area (Å²) >= 11 is 0. The molecular weight excluding hydrogens is 348 g/mol. The highest BCUT2D eigenvalue weighted by molar-refractivity contribution is 7.92. The van der Waals surface area contributed by atoms with Crippen LogP contribution in [0, 0.1) is 5.92 Å². The van der Waals surface area contributed by atoms with Gasteiger partial charge < -0.3 is 4.90 Å². The first-order valence-electron chi connectivity index (χ1n) is 8.83. The standard InChI is InChI=1S/C20H24N2O3S/c1-16-9-8-14-22(15-16)20(23)18-12-6-7-13-19(18)21(2)26(24,25)17-10-4-3-5-11-17/h3-7,10-13,16H,8-9,14-15H2,1-2H3. The minimum atomic E-state index is -3.73. The number of likely N-dealkylation sites (tertiary alicyclic amines) is 1. The summed E-state index contributed by atoms with van der Waals surface area (Å²) in [5.74, 6) is 0.355. The minimum Gasteiger partial charge on any atom is -0.338 e. The van der Waals surface area contributed by atoms with Crippen LogP contribution in [0.5, 0.6) is 0 Å². The van der Waals surface area contributed by atoms with E-state index >= 15 is 0 Å². The lowest BCUT2D eigenvalue weighted by molar-refractivity contribution is 0.0684. The summed E-state index contributed by atoms with van der Waals surface area (Å²) in [5, 5.41) is 0. The van der Waals surface area contributed by atoms with Crippen LogP contribution in [-0.4, -0.2) is 39.4 Å². The van der Waals surface area contributed by atoms with E-state index in [0.29, 0.717) is 30.3 Å². The Labute approximate surface area is 155 Å². The van der Waals surface area contributed by atoms with Gasteiger partial charge in [0.2, 0.25) is 0 Å². The molecule has 3 rings (SSSR count). The first-order chi connectivity index (χ1) is 12.4. The van der Waals surface area contributed by atoms with Gasteiger partial charge in [0.05, 0.1) is 16.1 Å². The first-order valence-corrected chi connectivity index (χ1v) is 10.3. The number of sulfonamides is 1. The van der Waals surface area contributed by atoms with E-state index in [-0.39, 0.29) is 10.8 Å². The highest BCUT2D eigenvalue weighted by Gasteiger charge is 2.28. The van der Waals surface area contributed by atoms with Gasteiger partial charge in [-0.15, -0.1) is 0 Å². The number of hydrogen-bond acceptors (Lipinski definition) is 3. The molecule has 0 bridgehead atoms. The lowest BCUT2D eigenvalue weighted by atomic mass is 9.99. The van der Waals surface area contributed by atoms with Crippen molar-refractivity contribution in [3.05, 3.63) is 60.2 Å². The minimum absolute atomic E-state index is 0.109. The van der Waals surface area contributed by atoms with Gasteiger partial charge >= 0.3 is 0 Å². The van der Waals surface area contributed by atoms with E-state index < -0.39 is 10.0 Å². The lowest BCUT2D eigenvalue weighted by Gasteiger charge is -2.32. The number of piperidine rings is 1.